The number of rotatable bonds is 4. The molecule has 0 N–H and O–H groups in total. The zero-order valence-electron chi connectivity index (χ0n) is 13.5. The molecule has 142 valence electrons. The predicted molar refractivity (Wildman–Crippen MR) is 95.4 cm³/mol. The van der Waals surface area contributed by atoms with Crippen molar-refractivity contribution in [2.24, 2.45) is 0 Å². The summed E-state index contributed by atoms with van der Waals surface area (Å²) >= 11 is 6.92. The van der Waals surface area contributed by atoms with Crippen LogP contribution in [0.1, 0.15) is 5.56 Å². The second-order valence-corrected chi connectivity index (χ2v) is 6.95. The highest BCUT2D eigenvalue weighted by atomic mass is 35.5. The van der Waals surface area contributed by atoms with Crippen molar-refractivity contribution < 1.29 is 22.8 Å². The van der Waals surface area contributed by atoms with Gasteiger partial charge in [-0.1, -0.05) is 29.2 Å². The van der Waals surface area contributed by atoms with Gasteiger partial charge in [0.15, 0.2) is 6.61 Å². The van der Waals surface area contributed by atoms with Crippen LogP contribution in [-0.2, 0) is 0 Å². The number of alkyl halides is 3. The van der Waals surface area contributed by atoms with Crippen LogP contribution in [0, 0.1) is 17.0 Å². The van der Waals surface area contributed by atoms with Gasteiger partial charge < -0.3 is 4.74 Å². The topological polar surface area (TPSA) is 74.4 Å². The van der Waals surface area contributed by atoms with Crippen molar-refractivity contribution in [2.45, 2.75) is 13.1 Å². The van der Waals surface area contributed by atoms with Crippen molar-refractivity contribution in [1.82, 2.24) is 3.96 Å². The number of fused-ring (bicyclic) bond motifs is 1. The summed E-state index contributed by atoms with van der Waals surface area (Å²) in [5.41, 5.74) is -0.110. The normalized spacial score (nSPS) is 11.7. The smallest absolute Gasteiger partial charge is 0.422 e. The van der Waals surface area contributed by atoms with Gasteiger partial charge in [0, 0.05) is 11.1 Å². The number of nitro benzene ring substituents is 1. The largest absolute Gasteiger partial charge is 0.483 e. The third-order valence-electron chi connectivity index (χ3n) is 3.70. The first-order valence-corrected chi connectivity index (χ1v) is 8.53. The number of nitrogens with zero attached hydrogens (tertiary/aromatic N) is 2. The molecular formula is C16H10ClF3N2O4S. The number of hydrogen-bond donors (Lipinski definition) is 0. The lowest BCUT2D eigenvalue weighted by molar-refractivity contribution is -0.384. The number of halogens is 4. The standard InChI is InChI=1S/C16H10ClF3N2O4S/c1-8-10(17)3-2-4-11(8)21-15(23)14-12(26-7-16(18,19)20)5-9(22(24)25)6-13(14)27-21/h2-6H,7H2,1H3. The molecule has 0 amide bonds. The molecule has 0 bridgehead atoms. The lowest BCUT2D eigenvalue weighted by Gasteiger charge is -2.09. The first-order valence-electron chi connectivity index (χ1n) is 7.38. The zero-order valence-corrected chi connectivity index (χ0v) is 15.1. The Balaban J connectivity index is 2.25. The van der Waals surface area contributed by atoms with Gasteiger partial charge in [0.05, 0.1) is 21.4 Å². The molecule has 1 heterocycles. The Hall–Kier alpha value is -2.59. The maximum absolute atomic E-state index is 12.8. The molecule has 1 aromatic heterocycles. The Kier molecular flexibility index (Phi) is 4.87. The molecule has 0 aliphatic heterocycles. The van der Waals surface area contributed by atoms with Crippen molar-refractivity contribution in [2.75, 3.05) is 6.61 Å². The van der Waals surface area contributed by atoms with E-state index in [1.807, 2.05) is 0 Å². The maximum atomic E-state index is 12.8. The molecule has 0 aliphatic rings. The minimum Gasteiger partial charge on any atom is -0.483 e. The summed E-state index contributed by atoms with van der Waals surface area (Å²) in [4.78, 5) is 23.1. The Bertz CT molecular complexity index is 1110. The molecule has 0 spiro atoms. The molecule has 0 aliphatic carbocycles. The number of benzene rings is 2. The third kappa shape index (κ3) is 3.76. The predicted octanol–water partition coefficient (Wildman–Crippen LogP) is 4.86. The van der Waals surface area contributed by atoms with Gasteiger partial charge in [0.1, 0.15) is 11.1 Å². The Morgan fingerprint density at radius 3 is 2.67 bits per heavy atom. The fourth-order valence-electron chi connectivity index (χ4n) is 2.45. The second-order valence-electron chi connectivity index (χ2n) is 5.55. The van der Waals surface area contributed by atoms with E-state index in [9.17, 15) is 28.1 Å². The van der Waals surface area contributed by atoms with Gasteiger partial charge in [-0.25, -0.2) is 3.96 Å². The summed E-state index contributed by atoms with van der Waals surface area (Å²) in [6.07, 6.45) is -4.66. The van der Waals surface area contributed by atoms with Gasteiger partial charge in [-0.05, 0) is 24.6 Å². The van der Waals surface area contributed by atoms with Crippen LogP contribution in [-0.4, -0.2) is 21.7 Å². The first-order chi connectivity index (χ1) is 12.6. The van der Waals surface area contributed by atoms with E-state index in [1.165, 1.54) is 3.96 Å². The monoisotopic (exact) mass is 418 g/mol. The van der Waals surface area contributed by atoms with Crippen LogP contribution in [0.5, 0.6) is 5.75 Å². The molecule has 0 unspecified atom stereocenters. The van der Waals surface area contributed by atoms with Crippen LogP contribution in [0.25, 0.3) is 15.8 Å². The van der Waals surface area contributed by atoms with Gasteiger partial charge in [-0.3, -0.25) is 14.9 Å². The number of nitro groups is 1. The van der Waals surface area contributed by atoms with E-state index >= 15 is 0 Å². The van der Waals surface area contributed by atoms with Crippen molar-refractivity contribution in [3.63, 3.8) is 0 Å². The lowest BCUT2D eigenvalue weighted by atomic mass is 10.2. The van der Waals surface area contributed by atoms with Gasteiger partial charge in [0.25, 0.3) is 11.2 Å². The van der Waals surface area contributed by atoms with E-state index in [0.717, 1.165) is 23.7 Å². The summed E-state index contributed by atoms with van der Waals surface area (Å²) < 4.78 is 43.6. The van der Waals surface area contributed by atoms with Crippen LogP contribution < -0.4 is 10.3 Å². The molecule has 0 saturated heterocycles. The van der Waals surface area contributed by atoms with E-state index < -0.39 is 34.7 Å². The summed E-state index contributed by atoms with van der Waals surface area (Å²) in [7, 11) is 0. The molecule has 0 saturated carbocycles. The van der Waals surface area contributed by atoms with Crippen molar-refractivity contribution in [3.8, 4) is 11.4 Å². The van der Waals surface area contributed by atoms with Crippen LogP contribution >= 0.6 is 23.1 Å². The molecule has 3 aromatic rings. The number of aromatic nitrogens is 1. The van der Waals surface area contributed by atoms with Gasteiger partial charge in [0.2, 0.25) is 0 Å². The van der Waals surface area contributed by atoms with Crippen LogP contribution in [0.15, 0.2) is 35.1 Å². The first kappa shape index (κ1) is 19.2. The highest BCUT2D eigenvalue weighted by Gasteiger charge is 2.30. The molecule has 3 rings (SSSR count). The Labute approximate surface area is 158 Å². The summed E-state index contributed by atoms with van der Waals surface area (Å²) in [6.45, 7) is 0.00670. The van der Waals surface area contributed by atoms with Gasteiger partial charge in [-0.2, -0.15) is 13.2 Å². The minimum atomic E-state index is -4.66. The van der Waals surface area contributed by atoms with E-state index in [1.54, 1.807) is 25.1 Å². The fourth-order valence-corrected chi connectivity index (χ4v) is 3.74. The van der Waals surface area contributed by atoms with Crippen LogP contribution in [0.4, 0.5) is 18.9 Å². The zero-order chi connectivity index (χ0) is 19.9. The average molecular weight is 419 g/mol. The number of non-ortho nitro benzene ring substituents is 1. The lowest BCUT2D eigenvalue weighted by Crippen LogP contribution is -2.20. The third-order valence-corrected chi connectivity index (χ3v) is 5.17. The summed E-state index contributed by atoms with van der Waals surface area (Å²) in [5.74, 6) is -0.490. The Morgan fingerprint density at radius 1 is 1.33 bits per heavy atom. The quantitative estimate of drug-likeness (QED) is 0.448. The number of ether oxygens (including phenoxy) is 1. The van der Waals surface area contributed by atoms with Crippen LogP contribution in [0.3, 0.4) is 0 Å². The van der Waals surface area contributed by atoms with E-state index in [0.29, 0.717) is 16.3 Å². The molecule has 6 nitrogen and oxygen atoms in total. The average Bonchev–Trinajstić information content (AvgIpc) is 2.91. The SMILES string of the molecule is Cc1c(Cl)cccc1-n1sc2cc([N+](=O)[O-])cc(OCC(F)(F)F)c2c1=O. The molecule has 0 atom stereocenters. The van der Waals surface area contributed by atoms with Gasteiger partial charge in [-0.15, -0.1) is 0 Å². The Morgan fingerprint density at radius 2 is 2.04 bits per heavy atom. The maximum Gasteiger partial charge on any atom is 0.422 e. The molecular weight excluding hydrogens is 409 g/mol. The molecule has 27 heavy (non-hydrogen) atoms. The molecule has 0 radical (unpaired) electrons. The second kappa shape index (κ2) is 6.86. The number of hydrogen-bond acceptors (Lipinski definition) is 5. The molecule has 2 aromatic carbocycles. The van der Waals surface area contributed by atoms with Gasteiger partial charge >= 0.3 is 6.18 Å². The van der Waals surface area contributed by atoms with Crippen molar-refractivity contribution in [1.29, 1.82) is 0 Å². The van der Waals surface area contributed by atoms with Crippen LogP contribution in [0.2, 0.25) is 5.02 Å². The van der Waals surface area contributed by atoms with E-state index in [2.05, 4.69) is 0 Å². The fraction of sp³-hybridized carbons (Fsp3) is 0.188. The highest BCUT2D eigenvalue weighted by Crippen LogP contribution is 2.34. The molecule has 11 heteroatoms. The highest BCUT2D eigenvalue weighted by molar-refractivity contribution is 7.14. The van der Waals surface area contributed by atoms with E-state index in [-0.39, 0.29) is 10.1 Å². The van der Waals surface area contributed by atoms with Crippen molar-refractivity contribution in [3.05, 3.63) is 61.4 Å². The minimum absolute atomic E-state index is 0.130. The van der Waals surface area contributed by atoms with E-state index in [4.69, 9.17) is 16.3 Å². The summed E-state index contributed by atoms with van der Waals surface area (Å²) in [6, 6.07) is 6.80. The summed E-state index contributed by atoms with van der Waals surface area (Å²) in [5, 5.41) is 11.3. The van der Waals surface area contributed by atoms with Crippen molar-refractivity contribution >= 4 is 38.9 Å². The molecule has 0 fully saturated rings.